The fourth-order valence-corrected chi connectivity index (χ4v) is 3.85. The van der Waals surface area contributed by atoms with Gasteiger partial charge in [0.1, 0.15) is 0 Å². The number of benzene rings is 2. The molecule has 0 amide bonds. The van der Waals surface area contributed by atoms with Gasteiger partial charge in [-0.05, 0) is 40.5 Å². The molecule has 0 aliphatic rings. The molecule has 0 radical (unpaired) electrons. The number of hydrogen-bond donors (Lipinski definition) is 0. The van der Waals surface area contributed by atoms with E-state index in [9.17, 15) is 9.59 Å². The Morgan fingerprint density at radius 1 is 1.22 bits per heavy atom. The van der Waals surface area contributed by atoms with E-state index in [4.69, 9.17) is 19.5 Å². The normalized spacial score (nSPS) is 10.6. The quantitative estimate of drug-likeness (QED) is 0.283. The molecule has 0 bridgehead atoms. The maximum Gasteiger partial charge on any atom is 0.338 e. The Kier molecular flexibility index (Phi) is 7.90. The average Bonchev–Trinajstić information content (AvgIpc) is 3.18. The summed E-state index contributed by atoms with van der Waals surface area (Å²) in [6.45, 7) is 2.57. The smallest absolute Gasteiger partial charge is 0.338 e. The first kappa shape index (κ1) is 23.4. The van der Waals surface area contributed by atoms with Crippen LogP contribution in [0.4, 0.5) is 0 Å². The van der Waals surface area contributed by atoms with Crippen molar-refractivity contribution in [2.45, 2.75) is 26.3 Å². The molecule has 0 saturated heterocycles. The first-order valence-corrected chi connectivity index (χ1v) is 10.9. The van der Waals surface area contributed by atoms with Gasteiger partial charge in [-0.15, -0.1) is 0 Å². The zero-order valence-corrected chi connectivity index (χ0v) is 19.5. The second kappa shape index (κ2) is 10.8. The highest BCUT2D eigenvalue weighted by Gasteiger charge is 2.20. The molecular formula is C24H23BrN2O5. The minimum absolute atomic E-state index is 0.238. The minimum atomic E-state index is -0.646. The third-order valence-electron chi connectivity index (χ3n) is 4.80. The van der Waals surface area contributed by atoms with Gasteiger partial charge in [0, 0.05) is 29.2 Å². The Labute approximate surface area is 194 Å². The number of ketones is 1. The number of aryl methyl sites for hydroxylation is 1. The van der Waals surface area contributed by atoms with Gasteiger partial charge in [-0.25, -0.2) is 4.79 Å². The molecule has 0 aliphatic heterocycles. The lowest BCUT2D eigenvalue weighted by atomic mass is 10.1. The molecule has 0 spiro atoms. The van der Waals surface area contributed by atoms with Crippen LogP contribution in [0.1, 0.15) is 40.5 Å². The van der Waals surface area contributed by atoms with E-state index in [2.05, 4.69) is 22.0 Å². The fraction of sp³-hybridized carbons (Fsp3) is 0.292. The van der Waals surface area contributed by atoms with Crippen LogP contribution in [0.15, 0.2) is 47.1 Å². The third kappa shape index (κ3) is 5.11. The van der Waals surface area contributed by atoms with Gasteiger partial charge >= 0.3 is 5.97 Å². The minimum Gasteiger partial charge on any atom is -0.493 e. The number of nitrogens with zero attached hydrogens (tertiary/aromatic N) is 2. The van der Waals surface area contributed by atoms with Crippen molar-refractivity contribution in [3.05, 3.63) is 58.2 Å². The maximum absolute atomic E-state index is 12.8. The van der Waals surface area contributed by atoms with Crippen LogP contribution in [0.3, 0.4) is 0 Å². The number of halogens is 1. The van der Waals surface area contributed by atoms with E-state index < -0.39 is 12.6 Å². The average molecular weight is 499 g/mol. The number of methoxy groups -OCH3 is 1. The number of carbonyl (C=O) groups excluding carboxylic acids is 2. The Morgan fingerprint density at radius 3 is 2.72 bits per heavy atom. The van der Waals surface area contributed by atoms with Gasteiger partial charge in [0.15, 0.2) is 18.1 Å². The number of para-hydroxylation sites is 1. The number of carbonyl (C=O) groups is 2. The first-order chi connectivity index (χ1) is 15.5. The van der Waals surface area contributed by atoms with Crippen molar-refractivity contribution in [1.82, 2.24) is 4.57 Å². The molecule has 0 saturated carbocycles. The summed E-state index contributed by atoms with van der Waals surface area (Å²) in [5.41, 5.74) is 1.55. The number of fused-ring (bicyclic) bond motifs is 1. The Bertz CT molecular complexity index is 1180. The number of aromatic nitrogens is 1. The highest BCUT2D eigenvalue weighted by Crippen LogP contribution is 2.37. The topological polar surface area (TPSA) is 90.5 Å². The van der Waals surface area contributed by atoms with Crippen LogP contribution in [0.25, 0.3) is 10.9 Å². The highest BCUT2D eigenvalue weighted by atomic mass is 79.9. The molecular weight excluding hydrogens is 476 g/mol. The van der Waals surface area contributed by atoms with Crippen LogP contribution in [0.2, 0.25) is 0 Å². The van der Waals surface area contributed by atoms with Crippen LogP contribution >= 0.6 is 15.9 Å². The number of nitriles is 1. The summed E-state index contributed by atoms with van der Waals surface area (Å²) in [4.78, 5) is 25.4. The lowest BCUT2D eigenvalue weighted by molar-refractivity contribution is 0.0474. The second-order valence-corrected chi connectivity index (χ2v) is 7.85. The van der Waals surface area contributed by atoms with Gasteiger partial charge in [-0.3, -0.25) is 4.79 Å². The predicted molar refractivity (Wildman–Crippen MR) is 123 cm³/mol. The predicted octanol–water partition coefficient (Wildman–Crippen LogP) is 5.15. The molecule has 166 valence electrons. The van der Waals surface area contributed by atoms with Crippen molar-refractivity contribution in [1.29, 1.82) is 5.26 Å². The standard InChI is InChI=1S/C24H23BrN2O5/c1-3-11-31-23-19(25)12-16(13-22(23)30-2)24(29)32-15-21(28)18-14-27(10-6-9-26)20-8-5-4-7-17(18)20/h4-5,7-8,12-14H,3,6,10-11,15H2,1-2H3. The lowest BCUT2D eigenvalue weighted by Crippen LogP contribution is -2.14. The number of Topliss-reactive ketones (excluding diaryl/α,β-unsaturated/α-hetero) is 1. The fourth-order valence-electron chi connectivity index (χ4n) is 3.30. The summed E-state index contributed by atoms with van der Waals surface area (Å²) < 4.78 is 18.7. The van der Waals surface area contributed by atoms with Gasteiger partial charge in [0.05, 0.1) is 36.2 Å². The molecule has 7 nitrogen and oxygen atoms in total. The van der Waals surface area contributed by atoms with Crippen molar-refractivity contribution < 1.29 is 23.8 Å². The molecule has 0 aliphatic carbocycles. The Balaban J connectivity index is 1.76. The SMILES string of the molecule is CCCOc1c(Br)cc(C(=O)OCC(=O)c2cn(CCC#N)c3ccccc23)cc1OC. The molecule has 0 fully saturated rings. The van der Waals surface area contributed by atoms with Crippen molar-refractivity contribution in [3.63, 3.8) is 0 Å². The van der Waals surface area contributed by atoms with Crippen LogP contribution in [0.5, 0.6) is 11.5 Å². The second-order valence-electron chi connectivity index (χ2n) is 7.00. The molecule has 1 heterocycles. The summed E-state index contributed by atoms with van der Waals surface area (Å²) in [5, 5.41) is 9.64. The van der Waals surface area contributed by atoms with Crippen molar-refractivity contribution in [2.75, 3.05) is 20.3 Å². The largest absolute Gasteiger partial charge is 0.493 e. The summed E-state index contributed by atoms with van der Waals surface area (Å²) in [6, 6.07) is 12.7. The summed E-state index contributed by atoms with van der Waals surface area (Å²) in [7, 11) is 1.49. The number of esters is 1. The van der Waals surface area contributed by atoms with Gasteiger partial charge in [-0.2, -0.15) is 5.26 Å². The van der Waals surface area contributed by atoms with Gasteiger partial charge in [0.2, 0.25) is 5.78 Å². The molecule has 0 N–H and O–H groups in total. The number of ether oxygens (including phenoxy) is 3. The molecule has 0 unspecified atom stereocenters. The number of hydrogen-bond acceptors (Lipinski definition) is 6. The van der Waals surface area contributed by atoms with E-state index in [1.807, 2.05) is 35.8 Å². The molecule has 3 rings (SSSR count). The summed E-state index contributed by atoms with van der Waals surface area (Å²) in [5.74, 6) is -0.0642. The van der Waals surface area contributed by atoms with E-state index in [1.54, 1.807) is 12.3 Å². The molecule has 2 aromatic carbocycles. The van der Waals surface area contributed by atoms with Crippen LogP contribution in [-0.4, -0.2) is 36.6 Å². The van der Waals surface area contributed by atoms with Gasteiger partial charge in [-0.1, -0.05) is 25.1 Å². The van der Waals surface area contributed by atoms with Crippen molar-refractivity contribution in [3.8, 4) is 17.6 Å². The Morgan fingerprint density at radius 2 is 2.00 bits per heavy atom. The van der Waals surface area contributed by atoms with E-state index >= 15 is 0 Å². The van der Waals surface area contributed by atoms with E-state index in [0.29, 0.717) is 41.1 Å². The highest BCUT2D eigenvalue weighted by molar-refractivity contribution is 9.10. The van der Waals surface area contributed by atoms with Gasteiger partial charge < -0.3 is 18.8 Å². The lowest BCUT2D eigenvalue weighted by Gasteiger charge is -2.13. The first-order valence-electron chi connectivity index (χ1n) is 10.2. The zero-order chi connectivity index (χ0) is 23.1. The number of rotatable bonds is 10. The summed E-state index contributed by atoms with van der Waals surface area (Å²) >= 11 is 3.40. The maximum atomic E-state index is 12.8. The summed E-state index contributed by atoms with van der Waals surface area (Å²) in [6.07, 6.45) is 2.86. The van der Waals surface area contributed by atoms with Crippen LogP contribution in [-0.2, 0) is 11.3 Å². The molecule has 32 heavy (non-hydrogen) atoms. The van der Waals surface area contributed by atoms with E-state index in [1.165, 1.54) is 13.2 Å². The van der Waals surface area contributed by atoms with Crippen molar-refractivity contribution in [2.24, 2.45) is 0 Å². The monoisotopic (exact) mass is 498 g/mol. The Hall–Kier alpha value is -3.31. The zero-order valence-electron chi connectivity index (χ0n) is 17.9. The van der Waals surface area contributed by atoms with Crippen molar-refractivity contribution >= 4 is 38.6 Å². The van der Waals surface area contributed by atoms with Crippen LogP contribution in [0, 0.1) is 11.3 Å². The molecule has 3 aromatic rings. The van der Waals surface area contributed by atoms with E-state index in [-0.39, 0.29) is 11.3 Å². The molecule has 8 heteroatoms. The third-order valence-corrected chi connectivity index (χ3v) is 5.39. The van der Waals surface area contributed by atoms with Gasteiger partial charge in [0.25, 0.3) is 0 Å². The van der Waals surface area contributed by atoms with E-state index in [0.717, 1.165) is 17.3 Å². The van der Waals surface area contributed by atoms with Crippen LogP contribution < -0.4 is 9.47 Å². The molecule has 0 atom stereocenters. The molecule has 1 aromatic heterocycles.